The van der Waals surface area contributed by atoms with Crippen molar-refractivity contribution in [3.05, 3.63) is 29.8 Å². The molecule has 1 aromatic rings. The van der Waals surface area contributed by atoms with Crippen molar-refractivity contribution in [2.45, 2.75) is 51.9 Å². The van der Waals surface area contributed by atoms with E-state index in [9.17, 15) is 4.79 Å². The first kappa shape index (κ1) is 14.1. The molecule has 104 valence electrons. The summed E-state index contributed by atoms with van der Waals surface area (Å²) in [5, 5.41) is 0. The Kier molecular flexibility index (Phi) is 5.44. The molecule has 2 nitrogen and oxygen atoms in total. The van der Waals surface area contributed by atoms with Crippen LogP contribution in [0.2, 0.25) is 0 Å². The van der Waals surface area contributed by atoms with Crippen LogP contribution >= 0.6 is 0 Å². The van der Waals surface area contributed by atoms with E-state index < -0.39 is 0 Å². The van der Waals surface area contributed by atoms with Crippen molar-refractivity contribution < 1.29 is 9.53 Å². The minimum Gasteiger partial charge on any atom is -0.494 e. The van der Waals surface area contributed by atoms with Crippen molar-refractivity contribution >= 4 is 5.78 Å². The normalized spacial score (nSPS) is 18.8. The van der Waals surface area contributed by atoms with Gasteiger partial charge in [0.2, 0.25) is 0 Å². The molecule has 0 spiro atoms. The fraction of sp³-hybridized carbons (Fsp3) is 0.588. The van der Waals surface area contributed by atoms with Crippen LogP contribution in [-0.4, -0.2) is 12.4 Å². The molecule has 0 aromatic heterocycles. The van der Waals surface area contributed by atoms with Gasteiger partial charge in [-0.3, -0.25) is 4.79 Å². The highest BCUT2D eigenvalue weighted by molar-refractivity contribution is 5.82. The first-order valence-corrected chi connectivity index (χ1v) is 7.54. The number of ether oxygens (including phenoxy) is 1. The predicted molar refractivity (Wildman–Crippen MR) is 77.5 cm³/mol. The van der Waals surface area contributed by atoms with Crippen LogP contribution in [0.25, 0.3) is 0 Å². The largest absolute Gasteiger partial charge is 0.494 e. The molecule has 1 aromatic carbocycles. The zero-order valence-corrected chi connectivity index (χ0v) is 11.9. The van der Waals surface area contributed by atoms with Crippen LogP contribution in [0.3, 0.4) is 0 Å². The van der Waals surface area contributed by atoms with E-state index in [4.69, 9.17) is 4.74 Å². The fourth-order valence-corrected chi connectivity index (χ4v) is 2.65. The number of unbranched alkanes of at least 4 members (excludes halogenated alkanes) is 1. The molecule has 0 N–H and O–H groups in total. The Morgan fingerprint density at radius 3 is 2.68 bits per heavy atom. The number of carbonyl (C=O) groups excluding carboxylic acids is 1. The lowest BCUT2D eigenvalue weighted by molar-refractivity contribution is -0.121. The summed E-state index contributed by atoms with van der Waals surface area (Å²) in [5.41, 5.74) is 1.38. The summed E-state index contributed by atoms with van der Waals surface area (Å²) < 4.78 is 5.72. The lowest BCUT2D eigenvalue weighted by Gasteiger charge is -2.10. The zero-order chi connectivity index (χ0) is 13.5. The molecule has 1 aliphatic carbocycles. The van der Waals surface area contributed by atoms with Crippen LogP contribution in [0, 0.1) is 5.92 Å². The predicted octanol–water partition coefficient (Wildman–Crippen LogP) is 4.17. The lowest BCUT2D eigenvalue weighted by Crippen LogP contribution is -2.11. The Bertz CT molecular complexity index is 394. The second-order valence-electron chi connectivity index (χ2n) is 5.44. The monoisotopic (exact) mass is 260 g/mol. The lowest BCUT2D eigenvalue weighted by atomic mass is 10.0. The molecule has 0 bridgehead atoms. The number of hydrogen-bond donors (Lipinski definition) is 0. The summed E-state index contributed by atoms with van der Waals surface area (Å²) in [5.74, 6) is 1.60. The van der Waals surface area contributed by atoms with Crippen molar-refractivity contribution in [3.63, 3.8) is 0 Å². The second-order valence-corrected chi connectivity index (χ2v) is 5.44. The van der Waals surface area contributed by atoms with E-state index in [1.165, 1.54) is 18.4 Å². The van der Waals surface area contributed by atoms with Crippen LogP contribution in [0.1, 0.15) is 51.0 Å². The molecule has 2 heteroatoms. The Morgan fingerprint density at radius 1 is 1.26 bits per heavy atom. The molecule has 1 saturated carbocycles. The molecule has 2 rings (SSSR count). The van der Waals surface area contributed by atoms with Crippen LogP contribution in [0.5, 0.6) is 5.75 Å². The molecule has 0 amide bonds. The summed E-state index contributed by atoms with van der Waals surface area (Å²) in [7, 11) is 0. The van der Waals surface area contributed by atoms with Gasteiger partial charge in [0.15, 0.2) is 0 Å². The van der Waals surface area contributed by atoms with Crippen LogP contribution in [0.4, 0.5) is 0 Å². The van der Waals surface area contributed by atoms with E-state index in [0.29, 0.717) is 12.4 Å². The minimum atomic E-state index is 0.254. The average Bonchev–Trinajstić information content (AvgIpc) is 2.84. The van der Waals surface area contributed by atoms with Crippen LogP contribution in [0.15, 0.2) is 24.3 Å². The van der Waals surface area contributed by atoms with E-state index >= 15 is 0 Å². The maximum absolute atomic E-state index is 11.5. The van der Waals surface area contributed by atoms with Crippen molar-refractivity contribution in [1.29, 1.82) is 0 Å². The van der Waals surface area contributed by atoms with Gasteiger partial charge in [0, 0.05) is 12.3 Å². The average molecular weight is 260 g/mol. The second kappa shape index (κ2) is 7.32. The Morgan fingerprint density at radius 2 is 2.05 bits per heavy atom. The highest BCUT2D eigenvalue weighted by atomic mass is 16.5. The van der Waals surface area contributed by atoms with Crippen molar-refractivity contribution in [1.82, 2.24) is 0 Å². The first-order valence-electron chi connectivity index (χ1n) is 7.54. The molecule has 0 saturated heterocycles. The van der Waals surface area contributed by atoms with E-state index in [-0.39, 0.29) is 5.92 Å². The molecule has 0 radical (unpaired) electrons. The fourth-order valence-electron chi connectivity index (χ4n) is 2.65. The van der Waals surface area contributed by atoms with E-state index in [2.05, 4.69) is 19.1 Å². The molecule has 19 heavy (non-hydrogen) atoms. The molecule has 1 atom stereocenters. The summed E-state index contributed by atoms with van der Waals surface area (Å²) in [6.45, 7) is 2.87. The Hall–Kier alpha value is -1.31. The summed E-state index contributed by atoms with van der Waals surface area (Å²) >= 11 is 0. The van der Waals surface area contributed by atoms with Crippen LogP contribution in [-0.2, 0) is 11.2 Å². The molecular formula is C17H24O2. The summed E-state index contributed by atoms with van der Waals surface area (Å²) in [6.07, 6.45) is 7.38. The number of Topliss-reactive ketones (excluding diaryl/α,β-unsaturated/α-hetero) is 1. The van der Waals surface area contributed by atoms with Crippen LogP contribution < -0.4 is 4.74 Å². The molecule has 1 unspecified atom stereocenters. The van der Waals surface area contributed by atoms with Crippen molar-refractivity contribution in [2.24, 2.45) is 5.92 Å². The Balaban J connectivity index is 1.72. The highest BCUT2D eigenvalue weighted by Gasteiger charge is 2.23. The zero-order valence-electron chi connectivity index (χ0n) is 11.9. The maximum Gasteiger partial charge on any atom is 0.136 e. The van der Waals surface area contributed by atoms with E-state index in [1.54, 1.807) is 0 Å². The molecule has 0 heterocycles. The maximum atomic E-state index is 11.5. The highest BCUT2D eigenvalue weighted by Crippen LogP contribution is 2.24. The van der Waals surface area contributed by atoms with E-state index in [1.807, 2.05) is 12.1 Å². The number of hydrogen-bond acceptors (Lipinski definition) is 2. The third-order valence-corrected chi connectivity index (χ3v) is 3.91. The van der Waals surface area contributed by atoms with Gasteiger partial charge in [0.1, 0.15) is 11.5 Å². The van der Waals surface area contributed by atoms with Gasteiger partial charge in [-0.25, -0.2) is 0 Å². The van der Waals surface area contributed by atoms with E-state index in [0.717, 1.165) is 37.9 Å². The number of ketones is 1. The summed E-state index contributed by atoms with van der Waals surface area (Å²) in [4.78, 5) is 11.5. The van der Waals surface area contributed by atoms with Gasteiger partial charge in [0.25, 0.3) is 0 Å². The van der Waals surface area contributed by atoms with Crippen molar-refractivity contribution in [2.75, 3.05) is 6.61 Å². The first-order chi connectivity index (χ1) is 9.29. The van der Waals surface area contributed by atoms with Crippen molar-refractivity contribution in [3.8, 4) is 5.75 Å². The molecule has 0 aliphatic heterocycles. The molecule has 1 aliphatic rings. The number of benzene rings is 1. The quantitative estimate of drug-likeness (QED) is 0.735. The van der Waals surface area contributed by atoms with Gasteiger partial charge < -0.3 is 4.74 Å². The molecule has 1 fully saturated rings. The SMILES string of the molecule is CCCCc1ccc(OCCC2CCCC2=O)cc1. The topological polar surface area (TPSA) is 26.3 Å². The van der Waals surface area contributed by atoms with Gasteiger partial charge in [0.05, 0.1) is 6.61 Å². The van der Waals surface area contributed by atoms with Gasteiger partial charge in [-0.05, 0) is 49.8 Å². The smallest absolute Gasteiger partial charge is 0.136 e. The van der Waals surface area contributed by atoms with Gasteiger partial charge in [-0.15, -0.1) is 0 Å². The number of carbonyl (C=O) groups is 1. The molecular weight excluding hydrogens is 236 g/mol. The number of aryl methyl sites for hydroxylation is 1. The third-order valence-electron chi connectivity index (χ3n) is 3.91. The van der Waals surface area contributed by atoms with Gasteiger partial charge >= 0.3 is 0 Å². The standard InChI is InChI=1S/C17H24O2/c1-2-3-5-14-8-10-16(11-9-14)19-13-12-15-6-4-7-17(15)18/h8-11,15H,2-7,12-13H2,1H3. The Labute approximate surface area is 116 Å². The minimum absolute atomic E-state index is 0.254. The summed E-state index contributed by atoms with van der Waals surface area (Å²) in [6, 6.07) is 8.38. The van der Waals surface area contributed by atoms with Gasteiger partial charge in [-0.2, -0.15) is 0 Å². The van der Waals surface area contributed by atoms with Gasteiger partial charge in [-0.1, -0.05) is 25.5 Å². The number of rotatable bonds is 7. The third kappa shape index (κ3) is 4.38.